The molecule has 0 aromatic heterocycles. The topological polar surface area (TPSA) is 66.9 Å². The van der Waals surface area contributed by atoms with E-state index in [1.54, 1.807) is 47.8 Å². The van der Waals surface area contributed by atoms with Gasteiger partial charge < -0.3 is 9.64 Å². The first-order valence-electron chi connectivity index (χ1n) is 12.6. The third-order valence-corrected chi connectivity index (χ3v) is 9.34. The van der Waals surface area contributed by atoms with Crippen LogP contribution >= 0.6 is 0 Å². The van der Waals surface area contributed by atoms with Crippen molar-refractivity contribution >= 4 is 15.8 Å². The third-order valence-electron chi connectivity index (χ3n) is 7.37. The summed E-state index contributed by atoms with van der Waals surface area (Å²) in [5.74, 6) is 0.277. The Hall–Kier alpha value is -2.29. The first-order chi connectivity index (χ1) is 16.9. The molecule has 190 valence electrons. The van der Waals surface area contributed by atoms with Crippen LogP contribution in [0.15, 0.2) is 53.4 Å². The van der Waals surface area contributed by atoms with Gasteiger partial charge in [0, 0.05) is 30.6 Å². The number of ketones is 1. The van der Waals surface area contributed by atoms with E-state index < -0.39 is 10.0 Å². The molecule has 0 unspecified atom stereocenters. The van der Waals surface area contributed by atoms with E-state index in [2.05, 4.69) is 4.90 Å². The third kappa shape index (κ3) is 6.29. The Labute approximate surface area is 208 Å². The molecular formula is C27H35FN2O4S. The van der Waals surface area contributed by atoms with Crippen LogP contribution in [0.4, 0.5) is 4.39 Å². The number of sulfonamides is 1. The summed E-state index contributed by atoms with van der Waals surface area (Å²) in [6.07, 6.45) is 6.50. The quantitative estimate of drug-likeness (QED) is 0.463. The lowest BCUT2D eigenvalue weighted by Gasteiger charge is -2.36. The van der Waals surface area contributed by atoms with E-state index in [4.69, 9.17) is 4.74 Å². The van der Waals surface area contributed by atoms with Gasteiger partial charge in [-0.25, -0.2) is 12.8 Å². The maximum absolute atomic E-state index is 13.6. The molecule has 1 saturated carbocycles. The van der Waals surface area contributed by atoms with E-state index >= 15 is 0 Å². The van der Waals surface area contributed by atoms with Gasteiger partial charge in [0.25, 0.3) is 0 Å². The van der Waals surface area contributed by atoms with Crippen LogP contribution in [0.2, 0.25) is 0 Å². The van der Waals surface area contributed by atoms with Gasteiger partial charge in [-0.2, -0.15) is 4.31 Å². The van der Waals surface area contributed by atoms with Gasteiger partial charge in [0.05, 0.1) is 12.0 Å². The van der Waals surface area contributed by atoms with Gasteiger partial charge in [-0.15, -0.1) is 0 Å². The van der Waals surface area contributed by atoms with Crippen LogP contribution in [-0.2, 0) is 10.0 Å². The summed E-state index contributed by atoms with van der Waals surface area (Å²) >= 11 is 0. The molecule has 1 aliphatic heterocycles. The molecule has 1 aliphatic carbocycles. The number of nitrogens with zero attached hydrogens (tertiary/aromatic N) is 2. The highest BCUT2D eigenvalue weighted by atomic mass is 32.2. The lowest BCUT2D eigenvalue weighted by atomic mass is 9.89. The molecule has 0 spiro atoms. The molecule has 4 rings (SSSR count). The summed E-state index contributed by atoms with van der Waals surface area (Å²) in [6, 6.07) is 12.4. The number of rotatable bonds is 9. The zero-order chi connectivity index (χ0) is 24.8. The van der Waals surface area contributed by atoms with E-state index in [-0.39, 0.29) is 23.6 Å². The Morgan fingerprint density at radius 1 is 0.971 bits per heavy atom. The molecule has 6 nitrogen and oxygen atoms in total. The van der Waals surface area contributed by atoms with E-state index in [0.717, 1.165) is 58.0 Å². The summed E-state index contributed by atoms with van der Waals surface area (Å²) in [7, 11) is -2.06. The fourth-order valence-corrected chi connectivity index (χ4v) is 6.94. The molecule has 2 fully saturated rings. The molecule has 0 radical (unpaired) electrons. The zero-order valence-electron chi connectivity index (χ0n) is 20.4. The first-order valence-corrected chi connectivity index (χ1v) is 14.0. The first kappa shape index (κ1) is 25.8. The number of carbonyl (C=O) groups is 1. The minimum Gasteiger partial charge on any atom is -0.497 e. The molecule has 8 heteroatoms. The predicted octanol–water partition coefficient (Wildman–Crippen LogP) is 4.75. The number of hydrogen-bond acceptors (Lipinski definition) is 5. The Morgan fingerprint density at radius 3 is 2.20 bits per heavy atom. The Balaban J connectivity index is 1.39. The highest BCUT2D eigenvalue weighted by Crippen LogP contribution is 2.29. The minimum atomic E-state index is -3.62. The van der Waals surface area contributed by atoms with Crippen LogP contribution in [0.3, 0.4) is 0 Å². The van der Waals surface area contributed by atoms with E-state index in [9.17, 15) is 17.6 Å². The molecular weight excluding hydrogens is 467 g/mol. The molecule has 1 saturated heterocycles. The van der Waals surface area contributed by atoms with Crippen LogP contribution in [0, 0.1) is 11.7 Å². The highest BCUT2D eigenvalue weighted by molar-refractivity contribution is 7.89. The van der Waals surface area contributed by atoms with Crippen LogP contribution in [0.1, 0.15) is 55.3 Å². The number of piperidine rings is 1. The van der Waals surface area contributed by atoms with Crippen molar-refractivity contribution in [3.8, 4) is 5.75 Å². The Bertz CT molecular complexity index is 1080. The summed E-state index contributed by atoms with van der Waals surface area (Å²) < 4.78 is 47.3. The number of ether oxygens (including phenoxy) is 1. The Morgan fingerprint density at radius 2 is 1.60 bits per heavy atom. The number of Topliss-reactive ketones (excluding diaryl/α,β-unsaturated/α-hetero) is 1. The molecule has 35 heavy (non-hydrogen) atoms. The van der Waals surface area contributed by atoms with Crippen molar-refractivity contribution in [2.45, 2.75) is 55.9 Å². The molecule has 0 atom stereocenters. The maximum atomic E-state index is 13.6. The number of hydrogen-bond donors (Lipinski definition) is 0. The van der Waals surface area contributed by atoms with E-state index in [1.807, 2.05) is 0 Å². The average Bonchev–Trinajstić information content (AvgIpc) is 2.90. The van der Waals surface area contributed by atoms with Gasteiger partial charge >= 0.3 is 0 Å². The van der Waals surface area contributed by atoms with Crippen molar-refractivity contribution in [2.24, 2.45) is 5.92 Å². The van der Waals surface area contributed by atoms with Gasteiger partial charge in [0.2, 0.25) is 10.0 Å². The second-order valence-electron chi connectivity index (χ2n) is 9.57. The van der Waals surface area contributed by atoms with Crippen molar-refractivity contribution in [3.63, 3.8) is 0 Å². The summed E-state index contributed by atoms with van der Waals surface area (Å²) in [5, 5.41) is 0. The van der Waals surface area contributed by atoms with Crippen molar-refractivity contribution in [3.05, 3.63) is 59.9 Å². The summed E-state index contributed by atoms with van der Waals surface area (Å²) in [6.45, 7) is 2.58. The normalized spacial score (nSPS) is 18.6. The summed E-state index contributed by atoms with van der Waals surface area (Å²) in [5.41, 5.74) is 0.555. The van der Waals surface area contributed by atoms with Crippen LogP contribution < -0.4 is 4.74 Å². The van der Waals surface area contributed by atoms with Gasteiger partial charge in [0.1, 0.15) is 11.6 Å². The molecule has 2 aliphatic rings. The van der Waals surface area contributed by atoms with Gasteiger partial charge in [0.15, 0.2) is 5.78 Å². The maximum Gasteiger partial charge on any atom is 0.243 e. The van der Waals surface area contributed by atoms with E-state index in [0.29, 0.717) is 29.3 Å². The molecule has 2 aromatic rings. The number of likely N-dealkylation sites (tertiary alicyclic amines) is 1. The molecule has 1 heterocycles. The average molecular weight is 503 g/mol. The van der Waals surface area contributed by atoms with Crippen LogP contribution in [-0.4, -0.2) is 62.7 Å². The number of benzene rings is 2. The van der Waals surface area contributed by atoms with E-state index in [1.165, 1.54) is 12.1 Å². The van der Waals surface area contributed by atoms with Gasteiger partial charge in [-0.1, -0.05) is 19.3 Å². The number of halogens is 1. The van der Waals surface area contributed by atoms with Crippen LogP contribution in [0.25, 0.3) is 0 Å². The summed E-state index contributed by atoms with van der Waals surface area (Å²) in [4.78, 5) is 15.3. The largest absolute Gasteiger partial charge is 0.497 e. The van der Waals surface area contributed by atoms with Gasteiger partial charge in [-0.05, 0) is 87.3 Å². The molecule has 0 amide bonds. The second-order valence-corrected chi connectivity index (χ2v) is 11.5. The highest BCUT2D eigenvalue weighted by Gasteiger charge is 2.33. The smallest absolute Gasteiger partial charge is 0.243 e. The van der Waals surface area contributed by atoms with Crippen LogP contribution in [0.5, 0.6) is 5.75 Å². The molecule has 0 N–H and O–H groups in total. The lowest BCUT2D eigenvalue weighted by Crippen LogP contribution is -2.47. The number of carbonyl (C=O) groups excluding carboxylic acids is 1. The van der Waals surface area contributed by atoms with Gasteiger partial charge in [-0.3, -0.25) is 4.79 Å². The fourth-order valence-electron chi connectivity index (χ4n) is 5.26. The van der Waals surface area contributed by atoms with Crippen molar-refractivity contribution in [1.29, 1.82) is 0 Å². The standard InChI is InChI=1S/C27H35FN2O4S/c1-34-25-11-13-26(14-12-25)35(32,33)30(24-5-3-2-4-6-24)20-19-29-17-15-22(16-18-29)27(31)21-7-9-23(28)10-8-21/h7-14,22,24H,2-6,15-20H2,1H3. The number of methoxy groups -OCH3 is 1. The SMILES string of the molecule is COc1ccc(S(=O)(=O)N(CCN2CCC(C(=O)c3ccc(F)cc3)CC2)C2CCCCC2)cc1. The van der Waals surface area contributed by atoms with Crippen molar-refractivity contribution < 1.29 is 22.3 Å². The zero-order valence-corrected chi connectivity index (χ0v) is 21.2. The minimum absolute atomic E-state index is 0.0217. The molecule has 0 bridgehead atoms. The lowest BCUT2D eigenvalue weighted by molar-refractivity contribution is 0.0833. The second kappa shape index (κ2) is 11.6. The van der Waals surface area contributed by atoms with Crippen molar-refractivity contribution in [1.82, 2.24) is 9.21 Å². The van der Waals surface area contributed by atoms with Crippen molar-refractivity contribution in [2.75, 3.05) is 33.3 Å². The Kier molecular flexibility index (Phi) is 8.57. The predicted molar refractivity (Wildman–Crippen MR) is 134 cm³/mol. The molecule has 2 aromatic carbocycles. The fraction of sp³-hybridized carbons (Fsp3) is 0.519. The monoisotopic (exact) mass is 502 g/mol.